The summed E-state index contributed by atoms with van der Waals surface area (Å²) in [4.78, 5) is 67.0. The Labute approximate surface area is 415 Å². The number of likely N-dealkylation sites (tertiary alicyclic amines) is 1. The van der Waals surface area contributed by atoms with Gasteiger partial charge >= 0.3 is 0 Å². The van der Waals surface area contributed by atoms with Gasteiger partial charge in [0, 0.05) is 60.0 Å². The van der Waals surface area contributed by atoms with Crippen molar-refractivity contribution < 1.29 is 38.5 Å². The number of benzene rings is 2. The molecule has 0 saturated carbocycles. The summed E-state index contributed by atoms with van der Waals surface area (Å²) in [5.74, 6) is 0.0937. The van der Waals surface area contributed by atoms with Crippen LogP contribution in [0.5, 0.6) is 0 Å². The SMILES string of the molecule is Cc1ncsc1-c1ccc(CNC(=O)[C@@H]2C[C@@H](O)CN2C(=O)[C@@H](NC(=O)COCCOCCOCCCC(=O)C[C@@H]2N=C(c3ccc(Cl)cc3)c3c(sc(C)c3C)-n3c(C)nnc32)C(C)(C)C)cc1. The van der Waals surface area contributed by atoms with Crippen LogP contribution in [0.2, 0.25) is 5.02 Å². The number of aliphatic imine (C=N–C) groups is 1. The van der Waals surface area contributed by atoms with E-state index in [1.54, 1.807) is 22.7 Å². The second kappa shape index (κ2) is 23.1. The number of amides is 3. The van der Waals surface area contributed by atoms with E-state index in [-0.39, 0.29) is 57.4 Å². The van der Waals surface area contributed by atoms with Crippen molar-refractivity contribution in [2.45, 2.75) is 105 Å². The van der Waals surface area contributed by atoms with Gasteiger partial charge in [-0.25, -0.2) is 4.98 Å². The number of carbonyl (C=O) groups is 4. The summed E-state index contributed by atoms with van der Waals surface area (Å²) < 4.78 is 19.0. The number of ether oxygens (including phenoxy) is 3. The van der Waals surface area contributed by atoms with Crippen LogP contribution in [-0.4, -0.2) is 123 Å². The summed E-state index contributed by atoms with van der Waals surface area (Å²) >= 11 is 9.47. The Kier molecular flexibility index (Phi) is 17.3. The fourth-order valence-electron chi connectivity index (χ4n) is 8.41. The number of Topliss-reactive ketones (excluding diaryl/α,β-unsaturated/α-hetero) is 1. The van der Waals surface area contributed by atoms with Gasteiger partial charge in [0.1, 0.15) is 41.3 Å². The minimum Gasteiger partial charge on any atom is -0.391 e. The Morgan fingerprint density at radius 1 is 0.913 bits per heavy atom. The predicted molar refractivity (Wildman–Crippen MR) is 266 cm³/mol. The maximum atomic E-state index is 14.0. The van der Waals surface area contributed by atoms with Crippen molar-refractivity contribution >= 4 is 63.5 Å². The maximum absolute atomic E-state index is 14.0. The lowest BCUT2D eigenvalue weighted by atomic mass is 9.85. The van der Waals surface area contributed by atoms with E-state index in [0.717, 1.165) is 54.9 Å². The van der Waals surface area contributed by atoms with Crippen molar-refractivity contribution in [3.63, 3.8) is 0 Å². The molecule has 368 valence electrons. The molecular weight excluding hydrogens is 940 g/mol. The highest BCUT2D eigenvalue weighted by Gasteiger charge is 2.44. The Bertz CT molecular complexity index is 2640. The summed E-state index contributed by atoms with van der Waals surface area (Å²) in [5.41, 5.74) is 7.85. The highest BCUT2D eigenvalue weighted by molar-refractivity contribution is 7.15. The average Bonchev–Trinajstić information content (AvgIpc) is 4.08. The Hall–Kier alpha value is -5.21. The van der Waals surface area contributed by atoms with E-state index >= 15 is 0 Å². The summed E-state index contributed by atoms with van der Waals surface area (Å²) in [7, 11) is 0. The highest BCUT2D eigenvalue weighted by atomic mass is 35.5. The zero-order valence-electron chi connectivity index (χ0n) is 40.2. The molecule has 19 heteroatoms. The summed E-state index contributed by atoms with van der Waals surface area (Å²) in [5, 5.41) is 26.8. The molecule has 0 bridgehead atoms. The second-order valence-electron chi connectivity index (χ2n) is 18.5. The van der Waals surface area contributed by atoms with E-state index in [0.29, 0.717) is 43.5 Å². The molecule has 3 aromatic heterocycles. The number of aliphatic hydroxyl groups is 1. The van der Waals surface area contributed by atoms with Gasteiger partial charge in [-0.1, -0.05) is 68.8 Å². The molecule has 69 heavy (non-hydrogen) atoms. The third kappa shape index (κ3) is 12.8. The van der Waals surface area contributed by atoms with Crippen LogP contribution in [0.3, 0.4) is 0 Å². The molecule has 7 rings (SSSR count). The summed E-state index contributed by atoms with van der Waals surface area (Å²) in [6, 6.07) is 13.1. The third-order valence-electron chi connectivity index (χ3n) is 12.2. The van der Waals surface area contributed by atoms with E-state index in [2.05, 4.69) is 39.7 Å². The first-order valence-corrected chi connectivity index (χ1v) is 25.2. The second-order valence-corrected chi connectivity index (χ2v) is 21.0. The van der Waals surface area contributed by atoms with Crippen LogP contribution in [0, 0.1) is 33.1 Å². The number of nitrogens with one attached hydrogen (secondary N) is 2. The fraction of sp³-hybridized carbons (Fsp3) is 0.480. The van der Waals surface area contributed by atoms with Crippen LogP contribution in [-0.2, 0) is 39.9 Å². The van der Waals surface area contributed by atoms with Crippen molar-refractivity contribution in [2.75, 3.05) is 46.2 Å². The number of halogens is 1. The van der Waals surface area contributed by atoms with Gasteiger partial charge in [0.15, 0.2) is 5.82 Å². The minimum absolute atomic E-state index is 0.0247. The summed E-state index contributed by atoms with van der Waals surface area (Å²) in [6.45, 7) is 14.8. The van der Waals surface area contributed by atoms with Gasteiger partial charge in [0.2, 0.25) is 17.7 Å². The molecule has 3 N–H and O–H groups in total. The molecule has 16 nitrogen and oxygen atoms in total. The predicted octanol–water partition coefficient (Wildman–Crippen LogP) is 6.83. The van der Waals surface area contributed by atoms with Gasteiger partial charge in [0.05, 0.1) is 54.3 Å². The number of nitrogens with zero attached hydrogens (tertiary/aromatic N) is 6. The molecule has 0 spiro atoms. The molecule has 0 unspecified atom stereocenters. The smallest absolute Gasteiger partial charge is 0.246 e. The van der Waals surface area contributed by atoms with Gasteiger partial charge in [-0.15, -0.1) is 32.9 Å². The first kappa shape index (κ1) is 51.6. The first-order chi connectivity index (χ1) is 33.0. The van der Waals surface area contributed by atoms with Crippen LogP contribution in [0.4, 0.5) is 0 Å². The van der Waals surface area contributed by atoms with Crippen molar-refractivity contribution in [3.8, 4) is 15.4 Å². The molecule has 4 atom stereocenters. The number of hydrogen-bond acceptors (Lipinski definition) is 14. The van der Waals surface area contributed by atoms with Crippen LogP contribution >= 0.6 is 34.3 Å². The topological polar surface area (TPSA) is 199 Å². The molecule has 1 fully saturated rings. The van der Waals surface area contributed by atoms with Crippen LogP contribution in [0.15, 0.2) is 59.0 Å². The molecular formula is C50H61ClN8O8S2. The number of β-amino-alcohol motifs (C(OH)–C–C–N with tert-alkyl or cyclic N) is 1. The van der Waals surface area contributed by atoms with E-state index in [1.165, 1.54) is 9.78 Å². The van der Waals surface area contributed by atoms with Gasteiger partial charge in [0.25, 0.3) is 0 Å². The quantitative estimate of drug-likeness (QED) is 0.0652. The lowest BCUT2D eigenvalue weighted by Crippen LogP contribution is -2.58. The van der Waals surface area contributed by atoms with E-state index in [4.69, 9.17) is 30.8 Å². The Morgan fingerprint density at radius 2 is 1.59 bits per heavy atom. The number of aryl methyl sites for hydroxylation is 3. The zero-order chi connectivity index (χ0) is 49.4. The normalized spacial score (nSPS) is 17.2. The van der Waals surface area contributed by atoms with E-state index < -0.39 is 41.5 Å². The van der Waals surface area contributed by atoms with Crippen molar-refractivity contribution in [1.29, 1.82) is 0 Å². The first-order valence-electron chi connectivity index (χ1n) is 23.2. The van der Waals surface area contributed by atoms with Gasteiger partial charge in [-0.3, -0.25) is 28.7 Å². The van der Waals surface area contributed by atoms with Crippen LogP contribution in [0.1, 0.15) is 97.0 Å². The monoisotopic (exact) mass is 1000 g/mol. The number of aliphatic hydroxyl groups excluding tert-OH is 1. The molecule has 0 radical (unpaired) electrons. The largest absolute Gasteiger partial charge is 0.391 e. The number of aromatic nitrogens is 4. The highest BCUT2D eigenvalue weighted by Crippen LogP contribution is 2.40. The zero-order valence-corrected chi connectivity index (χ0v) is 42.6. The molecule has 5 heterocycles. The maximum Gasteiger partial charge on any atom is 0.246 e. The van der Waals surface area contributed by atoms with Gasteiger partial charge in [-0.05, 0) is 68.4 Å². The fourth-order valence-corrected chi connectivity index (χ4v) is 10.6. The number of carbonyl (C=O) groups excluding carboxylic acids is 4. The molecule has 1 saturated heterocycles. The van der Waals surface area contributed by atoms with Crippen molar-refractivity contribution in [2.24, 2.45) is 10.4 Å². The number of rotatable bonds is 21. The summed E-state index contributed by atoms with van der Waals surface area (Å²) in [6.07, 6.45) is 0.226. The Morgan fingerprint density at radius 3 is 2.28 bits per heavy atom. The van der Waals surface area contributed by atoms with Crippen LogP contribution in [0.25, 0.3) is 15.4 Å². The third-order valence-corrected chi connectivity index (χ3v) is 14.6. The molecule has 5 aromatic rings. The minimum atomic E-state index is -0.978. The molecule has 0 aliphatic carbocycles. The molecule has 2 aliphatic rings. The van der Waals surface area contributed by atoms with Crippen molar-refractivity contribution in [3.05, 3.63) is 104 Å². The number of hydrogen-bond donors (Lipinski definition) is 3. The Balaban J connectivity index is 0.797. The number of fused-ring (bicyclic) bond motifs is 3. The number of thiazole rings is 1. The van der Waals surface area contributed by atoms with Gasteiger partial charge < -0.3 is 34.9 Å². The van der Waals surface area contributed by atoms with Crippen molar-refractivity contribution in [1.82, 2.24) is 35.3 Å². The standard InChI is InChI=1S/C50H61ClN8O8S2/c1-29-31(3)69-49-42(29)43(34-14-16-36(51)17-15-34)54-39(46-57-56-32(4)59(46)49)23-37(60)9-8-18-65-19-20-66-21-22-67-27-41(62)55-45(50(5,6)7)48(64)58-26-38(61)24-40(58)47(63)52-25-33-10-12-35(13-11-33)44-30(2)53-28-68-44/h10-17,28,38-40,45,61H,8-9,18-27H2,1-7H3,(H,52,63)(H,55,62)/t38-,39+,40+,45-/m1/s1. The molecule has 2 aliphatic heterocycles. The lowest BCUT2D eigenvalue weighted by Gasteiger charge is -2.35. The molecule has 2 aromatic carbocycles. The average molecular weight is 1000 g/mol. The van der Waals surface area contributed by atoms with E-state index in [1.807, 2.05) is 93.2 Å². The molecule has 3 amide bonds. The van der Waals surface area contributed by atoms with Crippen LogP contribution < -0.4 is 10.6 Å². The van der Waals surface area contributed by atoms with Gasteiger partial charge in [-0.2, -0.15) is 0 Å². The van der Waals surface area contributed by atoms with E-state index in [9.17, 15) is 24.3 Å². The number of thiophene rings is 1. The number of ketones is 1. The lowest BCUT2D eigenvalue weighted by molar-refractivity contribution is -0.144.